The Balaban J connectivity index is 0.00000256. The number of rotatable bonds is 7. The Morgan fingerprint density at radius 1 is 1.20 bits per heavy atom. The van der Waals surface area contributed by atoms with Crippen LogP contribution in [0.1, 0.15) is 50.2 Å². The molecule has 1 saturated carbocycles. The van der Waals surface area contributed by atoms with E-state index in [9.17, 15) is 0 Å². The number of hydrogen-bond acceptors (Lipinski definition) is 3. The number of guanidine groups is 1. The van der Waals surface area contributed by atoms with E-state index in [4.69, 9.17) is 4.99 Å². The highest BCUT2D eigenvalue weighted by Gasteiger charge is 2.30. The second-order valence-corrected chi connectivity index (χ2v) is 8.31. The molecule has 2 aromatic rings. The zero-order valence-corrected chi connectivity index (χ0v) is 20.3. The molecule has 0 radical (unpaired) electrons. The van der Waals surface area contributed by atoms with Crippen LogP contribution in [0.5, 0.6) is 0 Å². The number of halogens is 1. The Labute approximate surface area is 197 Å². The Kier molecular flexibility index (Phi) is 8.99. The van der Waals surface area contributed by atoms with Gasteiger partial charge in [0.1, 0.15) is 0 Å². The molecule has 2 aliphatic rings. The number of aromatic nitrogens is 2. The van der Waals surface area contributed by atoms with Crippen molar-refractivity contribution in [1.82, 2.24) is 25.1 Å². The lowest BCUT2D eigenvalue weighted by Crippen LogP contribution is -2.45. The maximum Gasteiger partial charge on any atom is 0.191 e. The highest BCUT2D eigenvalue weighted by molar-refractivity contribution is 14.0. The molecule has 0 spiro atoms. The number of nitrogens with one attached hydrogen (secondary N) is 2. The van der Waals surface area contributed by atoms with Gasteiger partial charge in [-0.2, -0.15) is 0 Å². The fourth-order valence-corrected chi connectivity index (χ4v) is 4.61. The van der Waals surface area contributed by atoms with Crippen LogP contribution in [0.25, 0.3) is 0 Å². The summed E-state index contributed by atoms with van der Waals surface area (Å²) in [5.74, 6) is 0.936. The molecule has 1 atom stereocenters. The zero-order chi connectivity index (χ0) is 19.9. The Hall–Kier alpha value is -1.61. The molecule has 30 heavy (non-hydrogen) atoms. The SMILES string of the molecule is CCNC(=NCc1cccc(Cn2ccnc2)c1)NC1CCN(C2CCCC2)C1.I. The summed E-state index contributed by atoms with van der Waals surface area (Å²) in [6, 6.07) is 9.99. The quantitative estimate of drug-likeness (QED) is 0.332. The van der Waals surface area contributed by atoms with Crippen LogP contribution in [0.3, 0.4) is 0 Å². The monoisotopic (exact) mass is 522 g/mol. The molecule has 1 aliphatic carbocycles. The van der Waals surface area contributed by atoms with Crippen molar-refractivity contribution < 1.29 is 0 Å². The summed E-state index contributed by atoms with van der Waals surface area (Å²) in [7, 11) is 0. The van der Waals surface area contributed by atoms with Gasteiger partial charge in [0, 0.05) is 50.7 Å². The molecule has 6 nitrogen and oxygen atoms in total. The van der Waals surface area contributed by atoms with E-state index >= 15 is 0 Å². The van der Waals surface area contributed by atoms with E-state index in [0.717, 1.165) is 31.6 Å². The molecular formula is C23H35IN6. The van der Waals surface area contributed by atoms with Gasteiger partial charge >= 0.3 is 0 Å². The van der Waals surface area contributed by atoms with Crippen LogP contribution in [0.15, 0.2) is 48.0 Å². The third kappa shape index (κ3) is 6.44. The predicted molar refractivity (Wildman–Crippen MR) is 133 cm³/mol. The molecule has 2 N–H and O–H groups in total. The van der Waals surface area contributed by atoms with Crippen molar-refractivity contribution in [2.45, 2.75) is 64.2 Å². The topological polar surface area (TPSA) is 57.5 Å². The van der Waals surface area contributed by atoms with Crippen LogP contribution in [0.2, 0.25) is 0 Å². The number of nitrogens with zero attached hydrogens (tertiary/aromatic N) is 4. The highest BCUT2D eigenvalue weighted by atomic mass is 127. The van der Waals surface area contributed by atoms with E-state index in [2.05, 4.69) is 56.3 Å². The molecule has 1 unspecified atom stereocenters. The summed E-state index contributed by atoms with van der Waals surface area (Å²) in [5.41, 5.74) is 2.51. The van der Waals surface area contributed by atoms with E-state index in [0.29, 0.717) is 12.6 Å². The van der Waals surface area contributed by atoms with E-state index in [-0.39, 0.29) is 24.0 Å². The summed E-state index contributed by atoms with van der Waals surface area (Å²) in [6.45, 7) is 6.91. The van der Waals surface area contributed by atoms with Gasteiger partial charge in [-0.3, -0.25) is 4.90 Å². The van der Waals surface area contributed by atoms with Crippen molar-refractivity contribution in [3.05, 3.63) is 54.1 Å². The molecule has 0 bridgehead atoms. The van der Waals surface area contributed by atoms with E-state index in [1.807, 2.05) is 18.7 Å². The van der Waals surface area contributed by atoms with Crippen molar-refractivity contribution in [2.75, 3.05) is 19.6 Å². The number of likely N-dealkylation sites (tertiary alicyclic amines) is 1. The molecule has 1 saturated heterocycles. The third-order valence-electron chi connectivity index (χ3n) is 6.08. The summed E-state index contributed by atoms with van der Waals surface area (Å²) in [5, 5.41) is 7.10. The molecule has 1 aromatic heterocycles. The first kappa shape index (κ1) is 23.1. The molecule has 0 amide bonds. The van der Waals surface area contributed by atoms with Gasteiger partial charge in [0.25, 0.3) is 0 Å². The van der Waals surface area contributed by atoms with Crippen molar-refractivity contribution in [1.29, 1.82) is 0 Å². The maximum atomic E-state index is 4.86. The average molecular weight is 522 g/mol. The van der Waals surface area contributed by atoms with Gasteiger partial charge in [-0.1, -0.05) is 37.1 Å². The summed E-state index contributed by atoms with van der Waals surface area (Å²) >= 11 is 0. The molecule has 1 aromatic carbocycles. The van der Waals surface area contributed by atoms with Gasteiger partial charge in [-0.05, 0) is 37.3 Å². The Morgan fingerprint density at radius 2 is 2.03 bits per heavy atom. The van der Waals surface area contributed by atoms with Crippen molar-refractivity contribution in [2.24, 2.45) is 4.99 Å². The van der Waals surface area contributed by atoms with E-state index in [1.165, 1.54) is 49.8 Å². The molecule has 164 valence electrons. The summed E-state index contributed by atoms with van der Waals surface area (Å²) in [6.07, 6.45) is 12.5. The summed E-state index contributed by atoms with van der Waals surface area (Å²) < 4.78 is 2.09. The van der Waals surface area contributed by atoms with Gasteiger partial charge in [0.15, 0.2) is 5.96 Å². The van der Waals surface area contributed by atoms with Crippen LogP contribution < -0.4 is 10.6 Å². The summed E-state index contributed by atoms with van der Waals surface area (Å²) in [4.78, 5) is 11.7. The van der Waals surface area contributed by atoms with E-state index < -0.39 is 0 Å². The second kappa shape index (κ2) is 11.7. The first-order chi connectivity index (χ1) is 14.3. The first-order valence-electron chi connectivity index (χ1n) is 11.1. The third-order valence-corrected chi connectivity index (χ3v) is 6.08. The molecule has 2 heterocycles. The van der Waals surface area contributed by atoms with Gasteiger partial charge in [-0.25, -0.2) is 9.98 Å². The molecular weight excluding hydrogens is 487 g/mol. The van der Waals surface area contributed by atoms with Gasteiger partial charge < -0.3 is 15.2 Å². The van der Waals surface area contributed by atoms with Gasteiger partial charge in [-0.15, -0.1) is 24.0 Å². The van der Waals surface area contributed by atoms with Crippen LogP contribution in [0.4, 0.5) is 0 Å². The number of benzene rings is 1. The minimum Gasteiger partial charge on any atom is -0.357 e. The van der Waals surface area contributed by atoms with E-state index in [1.54, 1.807) is 0 Å². The van der Waals surface area contributed by atoms with Crippen LogP contribution in [-0.4, -0.2) is 52.1 Å². The fraction of sp³-hybridized carbons (Fsp3) is 0.565. The smallest absolute Gasteiger partial charge is 0.191 e. The number of aliphatic imine (C=N–C) groups is 1. The first-order valence-corrected chi connectivity index (χ1v) is 11.1. The lowest BCUT2D eigenvalue weighted by molar-refractivity contribution is 0.242. The fourth-order valence-electron chi connectivity index (χ4n) is 4.61. The Bertz CT molecular complexity index is 785. The Morgan fingerprint density at radius 3 is 2.80 bits per heavy atom. The number of imidazole rings is 1. The van der Waals surface area contributed by atoms with Crippen LogP contribution >= 0.6 is 24.0 Å². The molecule has 4 rings (SSSR count). The molecule has 1 aliphatic heterocycles. The zero-order valence-electron chi connectivity index (χ0n) is 18.0. The van der Waals surface area contributed by atoms with Gasteiger partial charge in [0.2, 0.25) is 0 Å². The van der Waals surface area contributed by atoms with Crippen LogP contribution in [0, 0.1) is 0 Å². The number of hydrogen-bond donors (Lipinski definition) is 2. The second-order valence-electron chi connectivity index (χ2n) is 8.31. The van der Waals surface area contributed by atoms with Crippen molar-refractivity contribution in [3.63, 3.8) is 0 Å². The average Bonchev–Trinajstić information content (AvgIpc) is 3.49. The molecule has 2 fully saturated rings. The van der Waals surface area contributed by atoms with Crippen molar-refractivity contribution >= 4 is 29.9 Å². The molecule has 7 heteroatoms. The van der Waals surface area contributed by atoms with Gasteiger partial charge in [0.05, 0.1) is 12.9 Å². The lowest BCUT2D eigenvalue weighted by Gasteiger charge is -2.24. The highest BCUT2D eigenvalue weighted by Crippen LogP contribution is 2.26. The predicted octanol–water partition coefficient (Wildman–Crippen LogP) is 3.62. The lowest BCUT2D eigenvalue weighted by atomic mass is 10.1. The largest absolute Gasteiger partial charge is 0.357 e. The maximum absolute atomic E-state index is 4.86. The van der Waals surface area contributed by atoms with Crippen LogP contribution in [-0.2, 0) is 13.1 Å². The normalized spacial score (nSPS) is 20.3. The minimum absolute atomic E-state index is 0. The minimum atomic E-state index is 0. The standard InChI is InChI=1S/C23H34N6.HI/c1-2-25-23(27-21-10-12-29(17-21)22-8-3-4-9-22)26-15-19-6-5-7-20(14-19)16-28-13-11-24-18-28;/h5-7,11,13-14,18,21-22H,2-4,8-10,12,15-17H2,1H3,(H2,25,26,27);1H. The van der Waals surface area contributed by atoms with Crippen molar-refractivity contribution in [3.8, 4) is 0 Å².